The van der Waals surface area contributed by atoms with Crippen LogP contribution in [0.2, 0.25) is 0 Å². The van der Waals surface area contributed by atoms with Crippen LogP contribution in [0.1, 0.15) is 30.9 Å². The van der Waals surface area contributed by atoms with Gasteiger partial charge in [0, 0.05) is 6.54 Å². The fraction of sp³-hybridized carbons (Fsp3) is 0.533. The molecule has 3 nitrogen and oxygen atoms in total. The van der Waals surface area contributed by atoms with Gasteiger partial charge in [0.25, 0.3) is 0 Å². The van der Waals surface area contributed by atoms with Crippen molar-refractivity contribution in [3.05, 3.63) is 35.9 Å². The minimum Gasteiger partial charge on any atom is -0.334 e. The van der Waals surface area contributed by atoms with E-state index in [1.807, 2.05) is 29.4 Å². The highest BCUT2D eigenvalue weighted by atomic mass is 32.2. The first-order valence-corrected chi connectivity index (χ1v) is 8.23. The zero-order valence-corrected chi connectivity index (χ0v) is 12.2. The average Bonchev–Trinajstić information content (AvgIpc) is 2.94. The largest absolute Gasteiger partial charge is 0.334 e. The summed E-state index contributed by atoms with van der Waals surface area (Å²) in [5.74, 6) is 1.05. The van der Waals surface area contributed by atoms with Crippen molar-refractivity contribution in [2.24, 2.45) is 5.73 Å². The second-order valence-corrected chi connectivity index (χ2v) is 5.97. The minimum absolute atomic E-state index is 0.111. The van der Waals surface area contributed by atoms with Gasteiger partial charge < -0.3 is 10.6 Å². The number of carbonyl (C=O) groups is 1. The summed E-state index contributed by atoms with van der Waals surface area (Å²) in [6, 6.07) is 10.1. The summed E-state index contributed by atoms with van der Waals surface area (Å²) in [6.45, 7) is 0.839. The second kappa shape index (κ2) is 6.96. The van der Waals surface area contributed by atoms with Crippen LogP contribution in [-0.2, 0) is 4.79 Å². The molecule has 1 saturated heterocycles. The van der Waals surface area contributed by atoms with Crippen molar-refractivity contribution >= 4 is 17.7 Å². The summed E-state index contributed by atoms with van der Waals surface area (Å²) in [7, 11) is 0. The maximum absolute atomic E-state index is 12.4. The van der Waals surface area contributed by atoms with Crippen LogP contribution in [0, 0.1) is 0 Å². The fourth-order valence-electron chi connectivity index (χ4n) is 2.63. The van der Waals surface area contributed by atoms with Gasteiger partial charge in [0.05, 0.1) is 12.1 Å². The Morgan fingerprint density at radius 3 is 2.89 bits per heavy atom. The first-order valence-electron chi connectivity index (χ1n) is 6.84. The maximum Gasteiger partial charge on any atom is 0.240 e. The molecule has 2 rings (SSSR count). The second-order valence-electron chi connectivity index (χ2n) is 4.99. The predicted molar refractivity (Wildman–Crippen MR) is 81.1 cm³/mol. The number of nitrogens with zero attached hydrogens (tertiary/aromatic N) is 1. The molecule has 19 heavy (non-hydrogen) atoms. The van der Waals surface area contributed by atoms with Gasteiger partial charge in [-0.05, 0) is 36.8 Å². The van der Waals surface area contributed by atoms with Crippen LogP contribution in [0.25, 0.3) is 0 Å². The van der Waals surface area contributed by atoms with Crippen molar-refractivity contribution < 1.29 is 4.79 Å². The highest BCUT2D eigenvalue weighted by Crippen LogP contribution is 2.32. The maximum atomic E-state index is 12.4. The van der Waals surface area contributed by atoms with E-state index < -0.39 is 0 Å². The van der Waals surface area contributed by atoms with E-state index in [2.05, 4.69) is 12.1 Å². The van der Waals surface area contributed by atoms with Crippen LogP contribution in [0.4, 0.5) is 0 Å². The first-order chi connectivity index (χ1) is 9.24. The molecule has 0 bridgehead atoms. The highest BCUT2D eigenvalue weighted by molar-refractivity contribution is 7.98. The molecule has 1 aromatic carbocycles. The summed E-state index contributed by atoms with van der Waals surface area (Å²) >= 11 is 1.74. The van der Waals surface area contributed by atoms with Crippen molar-refractivity contribution in [3.8, 4) is 0 Å². The van der Waals surface area contributed by atoms with Crippen molar-refractivity contribution in [2.45, 2.75) is 31.3 Å². The molecular weight excluding hydrogens is 256 g/mol. The molecule has 2 atom stereocenters. The molecule has 1 aliphatic heterocycles. The average molecular weight is 278 g/mol. The molecule has 1 heterocycles. The molecule has 1 aromatic rings. The number of amides is 1. The van der Waals surface area contributed by atoms with Crippen LogP contribution in [0.15, 0.2) is 30.3 Å². The molecule has 104 valence electrons. The number of likely N-dealkylation sites (tertiary alicyclic amines) is 1. The van der Waals surface area contributed by atoms with Gasteiger partial charge >= 0.3 is 0 Å². The van der Waals surface area contributed by atoms with E-state index in [1.54, 1.807) is 11.8 Å². The third-order valence-corrected chi connectivity index (χ3v) is 4.31. The molecule has 0 spiro atoms. The number of benzene rings is 1. The molecule has 0 saturated carbocycles. The third-order valence-electron chi connectivity index (χ3n) is 3.67. The number of hydrogen-bond donors (Lipinski definition) is 1. The van der Waals surface area contributed by atoms with E-state index in [9.17, 15) is 4.79 Å². The van der Waals surface area contributed by atoms with E-state index in [4.69, 9.17) is 5.73 Å². The number of carbonyl (C=O) groups excluding carboxylic acids is 1. The van der Waals surface area contributed by atoms with E-state index >= 15 is 0 Å². The molecule has 1 amide bonds. The van der Waals surface area contributed by atoms with Gasteiger partial charge in [-0.15, -0.1) is 0 Å². The Hall–Kier alpha value is -1.00. The lowest BCUT2D eigenvalue weighted by atomic mass is 10.0. The van der Waals surface area contributed by atoms with Crippen LogP contribution in [-0.4, -0.2) is 35.4 Å². The SMILES string of the molecule is CSCC[C@H](N)C(=O)N1CCCC1c1ccccc1. The van der Waals surface area contributed by atoms with E-state index in [-0.39, 0.29) is 18.0 Å². The summed E-state index contributed by atoms with van der Waals surface area (Å²) in [4.78, 5) is 14.4. The molecule has 0 aromatic heterocycles. The molecule has 1 fully saturated rings. The van der Waals surface area contributed by atoms with E-state index in [0.29, 0.717) is 0 Å². The normalized spacial score (nSPS) is 20.5. The lowest BCUT2D eigenvalue weighted by Gasteiger charge is -2.27. The van der Waals surface area contributed by atoms with Crippen molar-refractivity contribution in [1.82, 2.24) is 4.90 Å². The van der Waals surface area contributed by atoms with Gasteiger partial charge in [-0.3, -0.25) is 4.79 Å². The Bertz CT molecular complexity index is 410. The van der Waals surface area contributed by atoms with Gasteiger partial charge in [-0.25, -0.2) is 0 Å². The number of hydrogen-bond acceptors (Lipinski definition) is 3. The topological polar surface area (TPSA) is 46.3 Å². The molecule has 4 heteroatoms. The summed E-state index contributed by atoms with van der Waals surface area (Å²) in [6.07, 6.45) is 4.92. The molecule has 1 aliphatic rings. The van der Waals surface area contributed by atoms with Gasteiger partial charge in [-0.1, -0.05) is 30.3 Å². The van der Waals surface area contributed by atoms with Crippen molar-refractivity contribution in [1.29, 1.82) is 0 Å². The number of nitrogens with two attached hydrogens (primary N) is 1. The minimum atomic E-state index is -0.350. The fourth-order valence-corrected chi connectivity index (χ4v) is 3.12. The van der Waals surface area contributed by atoms with Crippen LogP contribution < -0.4 is 5.73 Å². The summed E-state index contributed by atoms with van der Waals surface area (Å²) in [5.41, 5.74) is 7.25. The zero-order valence-electron chi connectivity index (χ0n) is 11.4. The Morgan fingerprint density at radius 1 is 1.47 bits per heavy atom. The lowest BCUT2D eigenvalue weighted by molar-refractivity contribution is -0.133. The summed E-state index contributed by atoms with van der Waals surface area (Å²) in [5, 5.41) is 0. The quantitative estimate of drug-likeness (QED) is 0.900. The molecule has 2 N–H and O–H groups in total. The monoisotopic (exact) mass is 278 g/mol. The van der Waals surface area contributed by atoms with Crippen molar-refractivity contribution in [3.63, 3.8) is 0 Å². The molecule has 0 aliphatic carbocycles. The Morgan fingerprint density at radius 2 is 2.21 bits per heavy atom. The predicted octanol–water partition coefficient (Wildman–Crippen LogP) is 2.43. The standard InChI is InChI=1S/C15H22N2OS/c1-19-11-9-13(16)15(18)17-10-5-8-14(17)12-6-3-2-4-7-12/h2-4,6-7,13-14H,5,8-11,16H2,1H3/t13-,14?/m0/s1. The van der Waals surface area contributed by atoms with E-state index in [1.165, 1.54) is 5.56 Å². The van der Waals surface area contributed by atoms with E-state index in [0.717, 1.165) is 31.6 Å². The van der Waals surface area contributed by atoms with Gasteiger partial charge in [0.15, 0.2) is 0 Å². The van der Waals surface area contributed by atoms with Crippen LogP contribution >= 0.6 is 11.8 Å². The molecular formula is C15H22N2OS. The van der Waals surface area contributed by atoms with Crippen molar-refractivity contribution in [2.75, 3.05) is 18.6 Å². The Kier molecular flexibility index (Phi) is 5.28. The van der Waals surface area contributed by atoms with Crippen LogP contribution in [0.3, 0.4) is 0 Å². The van der Waals surface area contributed by atoms with Gasteiger partial charge in [0.1, 0.15) is 0 Å². The summed E-state index contributed by atoms with van der Waals surface area (Å²) < 4.78 is 0. The van der Waals surface area contributed by atoms with Gasteiger partial charge in [-0.2, -0.15) is 11.8 Å². The number of rotatable bonds is 5. The lowest BCUT2D eigenvalue weighted by Crippen LogP contribution is -2.43. The zero-order chi connectivity index (χ0) is 13.7. The molecule has 1 unspecified atom stereocenters. The van der Waals surface area contributed by atoms with Gasteiger partial charge in [0.2, 0.25) is 5.91 Å². The smallest absolute Gasteiger partial charge is 0.240 e. The Labute approximate surface area is 119 Å². The third kappa shape index (κ3) is 3.51. The molecule has 0 radical (unpaired) electrons. The Balaban J connectivity index is 2.04. The van der Waals surface area contributed by atoms with Crippen LogP contribution in [0.5, 0.6) is 0 Å². The highest BCUT2D eigenvalue weighted by Gasteiger charge is 2.32. The first kappa shape index (κ1) is 14.4. The number of thioether (sulfide) groups is 1.